The van der Waals surface area contributed by atoms with E-state index in [0.29, 0.717) is 37.9 Å². The topological polar surface area (TPSA) is 75.9 Å². The van der Waals surface area contributed by atoms with Gasteiger partial charge in [-0.05, 0) is 43.9 Å². The van der Waals surface area contributed by atoms with E-state index >= 15 is 0 Å². The van der Waals surface area contributed by atoms with E-state index in [1.807, 2.05) is 32.0 Å². The second-order valence-electron chi connectivity index (χ2n) is 7.50. The Morgan fingerprint density at radius 1 is 1.14 bits per heavy atom. The van der Waals surface area contributed by atoms with Crippen LogP contribution >= 0.6 is 0 Å². The third-order valence-electron chi connectivity index (χ3n) is 5.58. The molecule has 0 N–H and O–H groups in total. The molecule has 0 atom stereocenters. The van der Waals surface area contributed by atoms with Gasteiger partial charge in [0.1, 0.15) is 5.75 Å². The van der Waals surface area contributed by atoms with Crippen molar-refractivity contribution in [2.75, 3.05) is 32.8 Å². The number of hydrogen-bond donors (Lipinski definition) is 0. The summed E-state index contributed by atoms with van der Waals surface area (Å²) < 4.78 is 11.1. The number of benzene rings is 1. The molecule has 2 heterocycles. The largest absolute Gasteiger partial charge is 0.483 e. The number of amides is 2. The molecule has 148 valence electrons. The van der Waals surface area contributed by atoms with Gasteiger partial charge in [0.15, 0.2) is 13.0 Å². The highest BCUT2D eigenvalue weighted by Crippen LogP contribution is 2.41. The number of oxazole rings is 1. The first-order chi connectivity index (χ1) is 13.5. The van der Waals surface area contributed by atoms with Crippen molar-refractivity contribution < 1.29 is 18.7 Å². The average molecular weight is 383 g/mol. The van der Waals surface area contributed by atoms with Crippen LogP contribution in [0.25, 0.3) is 0 Å². The molecule has 1 aromatic carbocycles. The quantitative estimate of drug-likeness (QED) is 0.793. The van der Waals surface area contributed by atoms with Crippen LogP contribution in [0.4, 0.5) is 0 Å². The Morgan fingerprint density at radius 2 is 1.86 bits per heavy atom. The standard InChI is InChI=1S/C21H25N3O4/c1-14-4-3-5-17(15(14)2)27-12-18(25)23-8-10-24(11-9-23)21(26)20-19(16-6-7-16)22-13-28-20/h3-5,13,16H,6-12H2,1-2H3. The minimum absolute atomic E-state index is 0.00612. The van der Waals surface area contributed by atoms with Gasteiger partial charge >= 0.3 is 0 Å². The molecule has 0 bridgehead atoms. The molecule has 2 fully saturated rings. The van der Waals surface area contributed by atoms with Crippen LogP contribution in [0.1, 0.15) is 46.1 Å². The van der Waals surface area contributed by atoms with Gasteiger partial charge in [0, 0.05) is 32.1 Å². The van der Waals surface area contributed by atoms with Crippen molar-refractivity contribution in [3.8, 4) is 5.75 Å². The lowest BCUT2D eigenvalue weighted by Crippen LogP contribution is -2.51. The van der Waals surface area contributed by atoms with Crippen molar-refractivity contribution in [1.82, 2.24) is 14.8 Å². The Balaban J connectivity index is 1.30. The van der Waals surface area contributed by atoms with E-state index in [0.717, 1.165) is 35.4 Å². The Morgan fingerprint density at radius 3 is 2.57 bits per heavy atom. The molecule has 1 saturated carbocycles. The molecule has 0 radical (unpaired) electrons. The molecule has 1 aromatic heterocycles. The third kappa shape index (κ3) is 3.74. The number of aromatic nitrogens is 1. The van der Waals surface area contributed by atoms with E-state index < -0.39 is 0 Å². The maximum absolute atomic E-state index is 12.7. The lowest BCUT2D eigenvalue weighted by molar-refractivity contribution is -0.134. The van der Waals surface area contributed by atoms with E-state index in [4.69, 9.17) is 9.15 Å². The van der Waals surface area contributed by atoms with Crippen LogP contribution in [0.5, 0.6) is 5.75 Å². The summed E-state index contributed by atoms with van der Waals surface area (Å²) in [5.41, 5.74) is 2.96. The highest BCUT2D eigenvalue weighted by molar-refractivity contribution is 5.93. The zero-order valence-corrected chi connectivity index (χ0v) is 16.3. The van der Waals surface area contributed by atoms with Crippen LogP contribution in [-0.2, 0) is 4.79 Å². The highest BCUT2D eigenvalue weighted by Gasteiger charge is 2.34. The van der Waals surface area contributed by atoms with Gasteiger partial charge in [-0.1, -0.05) is 12.1 Å². The van der Waals surface area contributed by atoms with Crippen molar-refractivity contribution >= 4 is 11.8 Å². The summed E-state index contributed by atoms with van der Waals surface area (Å²) in [5.74, 6) is 1.27. The van der Waals surface area contributed by atoms with Crippen molar-refractivity contribution in [1.29, 1.82) is 0 Å². The third-order valence-corrected chi connectivity index (χ3v) is 5.58. The van der Waals surface area contributed by atoms with E-state index in [1.54, 1.807) is 9.80 Å². The van der Waals surface area contributed by atoms with Gasteiger partial charge < -0.3 is 19.0 Å². The Hall–Kier alpha value is -2.83. The average Bonchev–Trinajstić information content (AvgIpc) is 3.45. The first-order valence-corrected chi connectivity index (χ1v) is 9.74. The molecule has 0 unspecified atom stereocenters. The predicted molar refractivity (Wildman–Crippen MR) is 102 cm³/mol. The summed E-state index contributed by atoms with van der Waals surface area (Å²) in [4.78, 5) is 32.9. The monoisotopic (exact) mass is 383 g/mol. The van der Waals surface area contributed by atoms with Gasteiger partial charge in [0.05, 0.1) is 5.69 Å². The molecular formula is C21H25N3O4. The maximum Gasteiger partial charge on any atom is 0.291 e. The molecule has 1 aliphatic heterocycles. The molecule has 1 saturated heterocycles. The van der Waals surface area contributed by atoms with Crippen LogP contribution in [0, 0.1) is 13.8 Å². The number of hydrogen-bond acceptors (Lipinski definition) is 5. The van der Waals surface area contributed by atoms with Crippen LogP contribution in [-0.4, -0.2) is 59.4 Å². The SMILES string of the molecule is Cc1cccc(OCC(=O)N2CCN(C(=O)c3ocnc3C3CC3)CC2)c1C. The van der Waals surface area contributed by atoms with Gasteiger partial charge in [-0.25, -0.2) is 4.98 Å². The fourth-order valence-corrected chi connectivity index (χ4v) is 3.48. The normalized spacial score (nSPS) is 16.9. The van der Waals surface area contributed by atoms with Crippen molar-refractivity contribution in [3.63, 3.8) is 0 Å². The van der Waals surface area contributed by atoms with E-state index in [-0.39, 0.29) is 18.4 Å². The molecule has 0 spiro atoms. The molecule has 7 nitrogen and oxygen atoms in total. The summed E-state index contributed by atoms with van der Waals surface area (Å²) in [6.45, 7) is 5.97. The van der Waals surface area contributed by atoms with Gasteiger partial charge in [-0.2, -0.15) is 0 Å². The second kappa shape index (κ2) is 7.66. The zero-order valence-electron chi connectivity index (χ0n) is 16.3. The summed E-state index contributed by atoms with van der Waals surface area (Å²) in [7, 11) is 0. The van der Waals surface area contributed by atoms with E-state index in [2.05, 4.69) is 4.98 Å². The van der Waals surface area contributed by atoms with Gasteiger partial charge in [0.25, 0.3) is 11.8 Å². The van der Waals surface area contributed by atoms with Gasteiger partial charge in [-0.3, -0.25) is 9.59 Å². The van der Waals surface area contributed by atoms with E-state index in [1.165, 1.54) is 6.39 Å². The van der Waals surface area contributed by atoms with Gasteiger partial charge in [0.2, 0.25) is 5.76 Å². The number of rotatable bonds is 5. The fraction of sp³-hybridized carbons (Fsp3) is 0.476. The number of piperazine rings is 1. The number of carbonyl (C=O) groups excluding carboxylic acids is 2. The fourth-order valence-electron chi connectivity index (χ4n) is 3.48. The van der Waals surface area contributed by atoms with Crippen LogP contribution in [0.15, 0.2) is 29.0 Å². The summed E-state index contributed by atoms with van der Waals surface area (Å²) in [6, 6.07) is 5.82. The molecule has 28 heavy (non-hydrogen) atoms. The summed E-state index contributed by atoms with van der Waals surface area (Å²) in [6.07, 6.45) is 3.48. The summed E-state index contributed by atoms with van der Waals surface area (Å²) >= 11 is 0. The molecule has 2 aromatic rings. The molecule has 2 amide bonds. The Labute approximate surface area is 164 Å². The lowest BCUT2D eigenvalue weighted by atomic mass is 10.1. The van der Waals surface area contributed by atoms with Gasteiger partial charge in [-0.15, -0.1) is 0 Å². The number of nitrogens with zero attached hydrogens (tertiary/aromatic N) is 3. The maximum atomic E-state index is 12.7. The zero-order chi connectivity index (χ0) is 19.7. The summed E-state index contributed by atoms with van der Waals surface area (Å²) in [5, 5.41) is 0. The first-order valence-electron chi connectivity index (χ1n) is 9.74. The first kappa shape index (κ1) is 18.5. The highest BCUT2D eigenvalue weighted by atomic mass is 16.5. The predicted octanol–water partition coefficient (Wildman–Crippen LogP) is 2.53. The Kier molecular flexibility index (Phi) is 5.07. The molecule has 1 aliphatic carbocycles. The minimum Gasteiger partial charge on any atom is -0.483 e. The molecule has 4 rings (SSSR count). The minimum atomic E-state index is -0.127. The van der Waals surface area contributed by atoms with Crippen LogP contribution in [0.3, 0.4) is 0 Å². The van der Waals surface area contributed by atoms with Crippen LogP contribution in [0.2, 0.25) is 0 Å². The van der Waals surface area contributed by atoms with Crippen molar-refractivity contribution in [3.05, 3.63) is 47.2 Å². The molecule has 2 aliphatic rings. The van der Waals surface area contributed by atoms with Crippen molar-refractivity contribution in [2.45, 2.75) is 32.6 Å². The smallest absolute Gasteiger partial charge is 0.291 e. The van der Waals surface area contributed by atoms with Crippen LogP contribution < -0.4 is 4.74 Å². The molecular weight excluding hydrogens is 358 g/mol. The lowest BCUT2D eigenvalue weighted by Gasteiger charge is -2.34. The molecule has 7 heteroatoms. The second-order valence-corrected chi connectivity index (χ2v) is 7.50. The number of aryl methyl sites for hydroxylation is 1. The van der Waals surface area contributed by atoms with Crippen molar-refractivity contribution in [2.24, 2.45) is 0 Å². The Bertz CT molecular complexity index is 880. The number of carbonyl (C=O) groups is 2. The van der Waals surface area contributed by atoms with E-state index in [9.17, 15) is 9.59 Å². The number of ether oxygens (including phenoxy) is 1.